The molecule has 0 saturated carbocycles. The van der Waals surface area contributed by atoms with Gasteiger partial charge in [0.05, 0.1) is 0 Å². The topological polar surface area (TPSA) is 32.3 Å². The molecule has 1 heterocycles. The van der Waals surface area contributed by atoms with Gasteiger partial charge < -0.3 is 10.2 Å². The number of amides is 1. The van der Waals surface area contributed by atoms with E-state index in [-0.39, 0.29) is 18.9 Å². The molecular formula is C19H27F3N2O. The van der Waals surface area contributed by atoms with E-state index in [9.17, 15) is 18.0 Å². The van der Waals surface area contributed by atoms with E-state index in [1.165, 1.54) is 0 Å². The van der Waals surface area contributed by atoms with Crippen LogP contribution >= 0.6 is 0 Å². The molecule has 25 heavy (non-hydrogen) atoms. The second kappa shape index (κ2) is 9.22. The Bertz CT molecular complexity index is 537. The fraction of sp³-hybridized carbons (Fsp3) is 0.632. The average Bonchev–Trinajstić information content (AvgIpc) is 2.58. The van der Waals surface area contributed by atoms with E-state index in [0.29, 0.717) is 18.8 Å². The smallest absolute Gasteiger partial charge is 0.333 e. The van der Waals surface area contributed by atoms with Crippen LogP contribution in [0, 0.1) is 12.8 Å². The maximum atomic E-state index is 12.8. The number of aryl methyl sites for hydroxylation is 1. The second-order valence-electron chi connectivity index (χ2n) is 6.90. The van der Waals surface area contributed by atoms with Gasteiger partial charge in [-0.1, -0.05) is 29.8 Å². The Morgan fingerprint density at radius 1 is 1.20 bits per heavy atom. The number of nitrogens with one attached hydrogen (secondary N) is 1. The molecule has 1 N–H and O–H groups in total. The molecule has 0 unspecified atom stereocenters. The number of hydrogen-bond acceptors (Lipinski definition) is 2. The van der Waals surface area contributed by atoms with Crippen LogP contribution in [0.25, 0.3) is 0 Å². The van der Waals surface area contributed by atoms with Crippen LogP contribution in [0.3, 0.4) is 0 Å². The van der Waals surface area contributed by atoms with E-state index < -0.39 is 12.7 Å². The molecule has 1 saturated heterocycles. The van der Waals surface area contributed by atoms with Crippen LogP contribution in [-0.2, 0) is 11.2 Å². The third kappa shape index (κ3) is 7.46. The van der Waals surface area contributed by atoms with Gasteiger partial charge in [-0.2, -0.15) is 13.2 Å². The van der Waals surface area contributed by atoms with Crippen molar-refractivity contribution in [1.82, 2.24) is 10.2 Å². The number of alkyl halides is 3. The van der Waals surface area contributed by atoms with E-state index in [4.69, 9.17) is 0 Å². The molecule has 1 aromatic rings. The van der Waals surface area contributed by atoms with Crippen molar-refractivity contribution in [3.8, 4) is 0 Å². The fourth-order valence-corrected chi connectivity index (χ4v) is 3.18. The molecule has 0 spiro atoms. The van der Waals surface area contributed by atoms with Crippen LogP contribution in [0.15, 0.2) is 24.3 Å². The van der Waals surface area contributed by atoms with Gasteiger partial charge in [-0.25, -0.2) is 0 Å². The first-order valence-electron chi connectivity index (χ1n) is 8.94. The third-order valence-corrected chi connectivity index (χ3v) is 4.74. The summed E-state index contributed by atoms with van der Waals surface area (Å²) in [6.45, 7) is 2.76. The van der Waals surface area contributed by atoms with Gasteiger partial charge in [0, 0.05) is 13.0 Å². The van der Waals surface area contributed by atoms with Crippen molar-refractivity contribution >= 4 is 5.91 Å². The highest BCUT2D eigenvalue weighted by molar-refractivity contribution is 5.76. The molecule has 1 aliphatic heterocycles. The van der Waals surface area contributed by atoms with Crippen LogP contribution in [0.2, 0.25) is 0 Å². The Hall–Kier alpha value is -1.56. The lowest BCUT2D eigenvalue weighted by Gasteiger charge is -2.26. The molecule has 0 aliphatic carbocycles. The predicted molar refractivity (Wildman–Crippen MR) is 92.3 cm³/mol. The molecule has 0 aromatic heterocycles. The Morgan fingerprint density at radius 3 is 2.44 bits per heavy atom. The van der Waals surface area contributed by atoms with Crippen molar-refractivity contribution in [3.05, 3.63) is 35.4 Å². The van der Waals surface area contributed by atoms with Crippen molar-refractivity contribution < 1.29 is 18.0 Å². The minimum atomic E-state index is -4.36. The number of nitrogens with zero attached hydrogens (tertiary/aromatic N) is 1. The number of hydrogen-bond donors (Lipinski definition) is 1. The minimum Gasteiger partial charge on any atom is -0.333 e. The molecule has 1 aliphatic rings. The molecule has 1 fully saturated rings. The molecule has 6 heteroatoms. The summed E-state index contributed by atoms with van der Waals surface area (Å²) in [4.78, 5) is 13.3. The predicted octanol–water partition coefficient (Wildman–Crippen LogP) is 3.71. The highest BCUT2D eigenvalue weighted by Gasteiger charge is 2.32. The van der Waals surface area contributed by atoms with Gasteiger partial charge in [-0.15, -0.1) is 0 Å². The number of carbonyl (C=O) groups is 1. The van der Waals surface area contributed by atoms with Crippen molar-refractivity contribution in [2.24, 2.45) is 5.92 Å². The Labute approximate surface area is 147 Å². The summed E-state index contributed by atoms with van der Waals surface area (Å²) in [7, 11) is 0. The van der Waals surface area contributed by atoms with Crippen molar-refractivity contribution in [1.29, 1.82) is 0 Å². The molecule has 2 rings (SSSR count). The summed E-state index contributed by atoms with van der Waals surface area (Å²) in [5.41, 5.74) is 2.05. The van der Waals surface area contributed by atoms with Gasteiger partial charge in [0.15, 0.2) is 0 Å². The molecule has 1 aromatic carbocycles. The van der Waals surface area contributed by atoms with Crippen molar-refractivity contribution in [2.75, 3.05) is 26.2 Å². The van der Waals surface area contributed by atoms with Crippen LogP contribution in [-0.4, -0.2) is 43.2 Å². The molecular weight excluding hydrogens is 329 g/mol. The first kappa shape index (κ1) is 19.8. The summed E-state index contributed by atoms with van der Waals surface area (Å²) in [5.74, 6) is 0.0537. The highest BCUT2D eigenvalue weighted by Crippen LogP contribution is 2.21. The second-order valence-corrected chi connectivity index (χ2v) is 6.90. The van der Waals surface area contributed by atoms with Gasteiger partial charge in [0.2, 0.25) is 5.91 Å². The lowest BCUT2D eigenvalue weighted by Crippen LogP contribution is -2.40. The summed E-state index contributed by atoms with van der Waals surface area (Å²) in [6, 6.07) is 7.67. The lowest BCUT2D eigenvalue weighted by atomic mass is 9.93. The highest BCUT2D eigenvalue weighted by atomic mass is 19.4. The Balaban J connectivity index is 1.89. The number of halogens is 3. The molecule has 0 radical (unpaired) electrons. The number of piperidine rings is 1. The van der Waals surface area contributed by atoms with Crippen LogP contribution in [0.1, 0.15) is 36.8 Å². The summed E-state index contributed by atoms with van der Waals surface area (Å²) in [5, 5.41) is 3.25. The number of rotatable bonds is 7. The first-order chi connectivity index (χ1) is 11.8. The molecule has 3 nitrogen and oxygen atoms in total. The van der Waals surface area contributed by atoms with Crippen molar-refractivity contribution in [2.45, 2.75) is 45.2 Å². The van der Waals surface area contributed by atoms with Crippen LogP contribution in [0.4, 0.5) is 13.2 Å². The van der Waals surface area contributed by atoms with Gasteiger partial charge >= 0.3 is 6.18 Å². The normalized spacial score (nSPS) is 16.0. The Morgan fingerprint density at radius 2 is 1.84 bits per heavy atom. The quantitative estimate of drug-likeness (QED) is 0.808. The molecule has 1 amide bonds. The minimum absolute atomic E-state index is 0.105. The van der Waals surface area contributed by atoms with Crippen LogP contribution < -0.4 is 5.32 Å². The van der Waals surface area contributed by atoms with Gasteiger partial charge in [-0.3, -0.25) is 4.79 Å². The zero-order valence-corrected chi connectivity index (χ0v) is 14.7. The number of benzene rings is 1. The summed E-state index contributed by atoms with van der Waals surface area (Å²) in [6.07, 6.45) is -1.05. The maximum Gasteiger partial charge on any atom is 0.406 e. The van der Waals surface area contributed by atoms with Gasteiger partial charge in [0.25, 0.3) is 0 Å². The largest absolute Gasteiger partial charge is 0.406 e. The fourth-order valence-electron chi connectivity index (χ4n) is 3.18. The van der Waals surface area contributed by atoms with E-state index in [0.717, 1.165) is 42.0 Å². The summed E-state index contributed by atoms with van der Waals surface area (Å²) >= 11 is 0. The monoisotopic (exact) mass is 356 g/mol. The summed E-state index contributed by atoms with van der Waals surface area (Å²) < 4.78 is 38.5. The first-order valence-corrected chi connectivity index (χ1v) is 8.94. The van der Waals surface area contributed by atoms with E-state index in [1.807, 2.05) is 31.2 Å². The van der Waals surface area contributed by atoms with Crippen molar-refractivity contribution in [3.63, 3.8) is 0 Å². The molecule has 0 bridgehead atoms. The SMILES string of the molecule is Cc1ccc(CCN(CC(F)(F)F)C(=O)CCC2CCNCC2)cc1. The van der Waals surface area contributed by atoms with E-state index in [1.54, 1.807) is 0 Å². The lowest BCUT2D eigenvalue weighted by molar-refractivity contribution is -0.161. The van der Waals surface area contributed by atoms with Crippen LogP contribution in [0.5, 0.6) is 0 Å². The molecule has 0 atom stereocenters. The number of carbonyl (C=O) groups excluding carboxylic acids is 1. The average molecular weight is 356 g/mol. The van der Waals surface area contributed by atoms with Gasteiger partial charge in [-0.05, 0) is 57.2 Å². The third-order valence-electron chi connectivity index (χ3n) is 4.74. The molecule has 140 valence electrons. The van der Waals surface area contributed by atoms with Gasteiger partial charge in [0.1, 0.15) is 6.54 Å². The van der Waals surface area contributed by atoms with E-state index >= 15 is 0 Å². The standard InChI is InChI=1S/C19H27F3N2O/c1-15-2-4-16(5-3-15)10-13-24(14-19(20,21)22)18(25)7-6-17-8-11-23-12-9-17/h2-5,17,23H,6-14H2,1H3. The Kier molecular flexibility index (Phi) is 7.29. The van der Waals surface area contributed by atoms with E-state index in [2.05, 4.69) is 5.32 Å². The maximum absolute atomic E-state index is 12.8. The zero-order chi connectivity index (χ0) is 18.3. The zero-order valence-electron chi connectivity index (χ0n) is 14.7.